The van der Waals surface area contributed by atoms with Crippen molar-refractivity contribution >= 4 is 55.1 Å². The van der Waals surface area contributed by atoms with Crippen molar-refractivity contribution in [2.24, 2.45) is 0 Å². The SMILES string of the molecule is Fc1ccc(COc2c(Br)cc(CCl)cc2Br)c(Cl)c1. The third-order valence-corrected chi connectivity index (χ3v) is 4.44. The molecule has 2 aromatic carbocycles. The van der Waals surface area contributed by atoms with Crippen LogP contribution in [0.2, 0.25) is 5.02 Å². The number of halogens is 5. The average Bonchev–Trinajstić information content (AvgIpc) is 2.39. The Morgan fingerprint density at radius 3 is 2.30 bits per heavy atom. The highest BCUT2D eigenvalue weighted by Crippen LogP contribution is 2.36. The fourth-order valence-electron chi connectivity index (χ4n) is 1.62. The molecule has 0 saturated carbocycles. The topological polar surface area (TPSA) is 9.23 Å². The standard InChI is InChI=1S/C14H9Br2Cl2FO/c15-11-3-8(6-17)4-12(16)14(11)20-7-9-1-2-10(19)5-13(9)18/h1-5H,6-7H2. The summed E-state index contributed by atoms with van der Waals surface area (Å²) in [5, 5.41) is 0.342. The summed E-state index contributed by atoms with van der Waals surface area (Å²) in [5.74, 6) is 0.702. The molecule has 0 aromatic heterocycles. The van der Waals surface area contributed by atoms with E-state index in [9.17, 15) is 4.39 Å². The number of ether oxygens (including phenoxy) is 1. The second-order valence-electron chi connectivity index (χ2n) is 4.05. The van der Waals surface area contributed by atoms with E-state index < -0.39 is 0 Å². The van der Waals surface area contributed by atoms with E-state index in [1.807, 2.05) is 12.1 Å². The van der Waals surface area contributed by atoms with Gasteiger partial charge in [0.15, 0.2) is 0 Å². The highest BCUT2D eigenvalue weighted by Gasteiger charge is 2.10. The average molecular weight is 443 g/mol. The van der Waals surface area contributed by atoms with Crippen molar-refractivity contribution < 1.29 is 9.13 Å². The molecule has 106 valence electrons. The van der Waals surface area contributed by atoms with E-state index in [0.29, 0.717) is 22.2 Å². The molecule has 0 atom stereocenters. The maximum Gasteiger partial charge on any atom is 0.148 e. The Balaban J connectivity index is 2.19. The van der Waals surface area contributed by atoms with Crippen LogP contribution in [0.25, 0.3) is 0 Å². The van der Waals surface area contributed by atoms with Gasteiger partial charge in [0.25, 0.3) is 0 Å². The number of hydrogen-bond acceptors (Lipinski definition) is 1. The quantitative estimate of drug-likeness (QED) is 0.503. The van der Waals surface area contributed by atoms with E-state index >= 15 is 0 Å². The van der Waals surface area contributed by atoms with E-state index in [-0.39, 0.29) is 12.4 Å². The maximum absolute atomic E-state index is 13.0. The lowest BCUT2D eigenvalue weighted by Crippen LogP contribution is -1.98. The lowest BCUT2D eigenvalue weighted by Gasteiger charge is -2.12. The van der Waals surface area contributed by atoms with Gasteiger partial charge in [-0.2, -0.15) is 0 Å². The van der Waals surface area contributed by atoms with Crippen molar-refractivity contribution in [3.8, 4) is 5.75 Å². The first kappa shape index (κ1) is 16.1. The van der Waals surface area contributed by atoms with Crippen LogP contribution in [0.5, 0.6) is 5.75 Å². The Morgan fingerprint density at radius 2 is 1.75 bits per heavy atom. The second-order valence-corrected chi connectivity index (χ2v) is 6.43. The van der Waals surface area contributed by atoms with Crippen LogP contribution in [0.1, 0.15) is 11.1 Å². The lowest BCUT2D eigenvalue weighted by molar-refractivity contribution is 0.302. The van der Waals surface area contributed by atoms with Gasteiger partial charge in [0.1, 0.15) is 18.2 Å². The summed E-state index contributed by atoms with van der Waals surface area (Å²) < 4.78 is 20.3. The molecule has 1 nitrogen and oxygen atoms in total. The molecule has 0 saturated heterocycles. The largest absolute Gasteiger partial charge is 0.486 e. The minimum Gasteiger partial charge on any atom is -0.486 e. The molecule has 2 rings (SSSR count). The zero-order valence-electron chi connectivity index (χ0n) is 10.1. The Hall–Kier alpha value is -0.290. The van der Waals surface area contributed by atoms with Crippen LogP contribution in [0.4, 0.5) is 4.39 Å². The van der Waals surface area contributed by atoms with Crippen molar-refractivity contribution in [2.45, 2.75) is 12.5 Å². The Bertz CT molecular complexity index is 612. The fraction of sp³-hybridized carbons (Fsp3) is 0.143. The number of hydrogen-bond donors (Lipinski definition) is 0. The predicted molar refractivity (Wildman–Crippen MR) is 87.1 cm³/mol. The third kappa shape index (κ3) is 3.88. The normalized spacial score (nSPS) is 10.7. The minimum atomic E-state index is -0.368. The van der Waals surface area contributed by atoms with Gasteiger partial charge in [0, 0.05) is 11.4 Å². The molecule has 0 fully saturated rings. The van der Waals surface area contributed by atoms with Crippen LogP contribution < -0.4 is 4.74 Å². The molecule has 2 aromatic rings. The van der Waals surface area contributed by atoms with Gasteiger partial charge in [-0.1, -0.05) is 17.7 Å². The van der Waals surface area contributed by atoms with Gasteiger partial charge in [-0.05, 0) is 61.7 Å². The first-order chi connectivity index (χ1) is 9.51. The van der Waals surface area contributed by atoms with Crippen molar-refractivity contribution in [1.29, 1.82) is 0 Å². The van der Waals surface area contributed by atoms with Crippen LogP contribution in [-0.4, -0.2) is 0 Å². The summed E-state index contributed by atoms with van der Waals surface area (Å²) >= 11 is 18.6. The Morgan fingerprint density at radius 1 is 1.10 bits per heavy atom. The molecule has 0 spiro atoms. The van der Waals surface area contributed by atoms with Gasteiger partial charge >= 0.3 is 0 Å². The monoisotopic (exact) mass is 440 g/mol. The molecule has 20 heavy (non-hydrogen) atoms. The first-order valence-electron chi connectivity index (χ1n) is 5.62. The van der Waals surface area contributed by atoms with Gasteiger partial charge in [-0.15, -0.1) is 11.6 Å². The van der Waals surface area contributed by atoms with Crippen LogP contribution in [0.3, 0.4) is 0 Å². The van der Waals surface area contributed by atoms with E-state index in [2.05, 4.69) is 31.9 Å². The van der Waals surface area contributed by atoms with Crippen LogP contribution in [0, 0.1) is 5.82 Å². The van der Waals surface area contributed by atoms with Gasteiger partial charge in [-0.3, -0.25) is 0 Å². The third-order valence-electron chi connectivity index (χ3n) is 2.60. The molecular weight excluding hydrogens is 434 g/mol. The lowest BCUT2D eigenvalue weighted by atomic mass is 10.2. The zero-order valence-corrected chi connectivity index (χ0v) is 14.8. The molecule has 0 heterocycles. The number of alkyl halides is 1. The van der Waals surface area contributed by atoms with Gasteiger partial charge < -0.3 is 4.74 Å². The van der Waals surface area contributed by atoms with Crippen LogP contribution in [0.15, 0.2) is 39.3 Å². The molecule has 0 bridgehead atoms. The summed E-state index contributed by atoms with van der Waals surface area (Å²) in [6, 6.07) is 8.00. The van der Waals surface area contributed by atoms with Crippen molar-refractivity contribution in [2.75, 3.05) is 0 Å². The van der Waals surface area contributed by atoms with Gasteiger partial charge in [-0.25, -0.2) is 4.39 Å². The fourth-order valence-corrected chi connectivity index (χ4v) is 3.50. The molecule has 0 unspecified atom stereocenters. The molecule has 0 aliphatic rings. The molecular formula is C14H9Br2Cl2FO. The Kier molecular flexibility index (Phi) is 5.73. The van der Waals surface area contributed by atoms with E-state index in [4.69, 9.17) is 27.9 Å². The van der Waals surface area contributed by atoms with Crippen molar-refractivity contribution in [3.63, 3.8) is 0 Å². The smallest absolute Gasteiger partial charge is 0.148 e. The van der Waals surface area contributed by atoms with E-state index in [0.717, 1.165) is 14.5 Å². The molecule has 6 heteroatoms. The van der Waals surface area contributed by atoms with E-state index in [1.54, 1.807) is 6.07 Å². The van der Waals surface area contributed by atoms with Crippen LogP contribution >= 0.6 is 55.1 Å². The van der Waals surface area contributed by atoms with Crippen molar-refractivity contribution in [3.05, 3.63) is 61.2 Å². The summed E-state index contributed by atoms with van der Waals surface area (Å²) in [6.45, 7) is 0.247. The zero-order chi connectivity index (χ0) is 14.7. The number of rotatable bonds is 4. The van der Waals surface area contributed by atoms with E-state index in [1.165, 1.54) is 12.1 Å². The molecule has 0 N–H and O–H groups in total. The molecule has 0 amide bonds. The summed E-state index contributed by atoms with van der Waals surface area (Å²) in [4.78, 5) is 0. The summed E-state index contributed by atoms with van der Waals surface area (Å²) in [6.07, 6.45) is 0. The molecule has 0 aliphatic carbocycles. The highest BCUT2D eigenvalue weighted by atomic mass is 79.9. The summed E-state index contributed by atoms with van der Waals surface area (Å²) in [7, 11) is 0. The summed E-state index contributed by atoms with van der Waals surface area (Å²) in [5.41, 5.74) is 1.69. The van der Waals surface area contributed by atoms with Crippen molar-refractivity contribution in [1.82, 2.24) is 0 Å². The predicted octanol–water partition coefficient (Wildman–Crippen LogP) is 6.32. The second kappa shape index (κ2) is 7.12. The Labute approximate surface area is 143 Å². The van der Waals surface area contributed by atoms with Crippen LogP contribution in [-0.2, 0) is 12.5 Å². The molecule has 0 radical (unpaired) electrons. The number of benzene rings is 2. The minimum absolute atomic E-state index is 0.247. The van der Waals surface area contributed by atoms with Gasteiger partial charge in [0.2, 0.25) is 0 Å². The maximum atomic E-state index is 13.0. The van der Waals surface area contributed by atoms with Gasteiger partial charge in [0.05, 0.1) is 14.0 Å². The first-order valence-corrected chi connectivity index (χ1v) is 8.11. The highest BCUT2D eigenvalue weighted by molar-refractivity contribution is 9.11. The molecule has 0 aliphatic heterocycles.